The van der Waals surface area contributed by atoms with Crippen molar-refractivity contribution >= 4 is 35.1 Å². The van der Waals surface area contributed by atoms with Gasteiger partial charge in [-0.05, 0) is 73.9 Å². The highest BCUT2D eigenvalue weighted by Gasteiger charge is 2.61. The van der Waals surface area contributed by atoms with Gasteiger partial charge in [0.25, 0.3) is 0 Å². The molecule has 2 aromatic carbocycles. The van der Waals surface area contributed by atoms with Crippen molar-refractivity contribution in [1.29, 1.82) is 0 Å². The van der Waals surface area contributed by atoms with Gasteiger partial charge in [-0.15, -0.1) is 0 Å². The molecule has 4 fully saturated rings. The Labute approximate surface area is 209 Å². The topological polar surface area (TPSA) is 93.2 Å². The highest BCUT2D eigenvalue weighted by Crippen LogP contribution is 2.56. The summed E-state index contributed by atoms with van der Waals surface area (Å²) in [5, 5.41) is 0. The van der Waals surface area contributed by atoms with Crippen LogP contribution in [0.3, 0.4) is 0 Å². The second-order valence-electron chi connectivity index (χ2n) is 10.3. The number of imide groups is 1. The summed E-state index contributed by atoms with van der Waals surface area (Å²) in [6, 6.07) is 12.1. The summed E-state index contributed by atoms with van der Waals surface area (Å²) < 4.78 is 11.0. The van der Waals surface area contributed by atoms with Crippen molar-refractivity contribution in [2.24, 2.45) is 29.6 Å². The van der Waals surface area contributed by atoms with E-state index in [2.05, 4.69) is 0 Å². The zero-order chi connectivity index (χ0) is 25.1. The SMILES string of the molecule is COc1ccccc1N1C[C@H](C(=O)Oc2ccc(N3C(=O)[C@@H]4[C@H]5CC[C@@H](C5)[C@@H]4C3=O)c(C)c2)CC1=O. The summed E-state index contributed by atoms with van der Waals surface area (Å²) >= 11 is 0. The van der Waals surface area contributed by atoms with E-state index in [9.17, 15) is 19.2 Å². The monoisotopic (exact) mass is 488 g/mol. The van der Waals surface area contributed by atoms with Crippen LogP contribution in [0.5, 0.6) is 11.5 Å². The third-order valence-corrected chi connectivity index (χ3v) is 8.39. The first kappa shape index (κ1) is 22.8. The molecule has 2 saturated heterocycles. The quantitative estimate of drug-likeness (QED) is 0.363. The van der Waals surface area contributed by atoms with E-state index in [0.29, 0.717) is 40.3 Å². The van der Waals surface area contributed by atoms with Crippen LogP contribution < -0.4 is 19.3 Å². The number of carbonyl (C=O) groups excluding carboxylic acids is 4. The lowest BCUT2D eigenvalue weighted by atomic mass is 9.81. The van der Waals surface area contributed by atoms with Gasteiger partial charge in [0, 0.05) is 13.0 Å². The number of ether oxygens (including phenoxy) is 2. The van der Waals surface area contributed by atoms with E-state index in [1.54, 1.807) is 42.2 Å². The smallest absolute Gasteiger partial charge is 0.316 e. The number of anilines is 2. The largest absolute Gasteiger partial charge is 0.495 e. The van der Waals surface area contributed by atoms with Crippen molar-refractivity contribution in [2.75, 3.05) is 23.5 Å². The Hall–Kier alpha value is -3.68. The van der Waals surface area contributed by atoms with Gasteiger partial charge in [-0.2, -0.15) is 0 Å². The Morgan fingerprint density at radius 1 is 0.944 bits per heavy atom. The molecule has 5 atom stereocenters. The van der Waals surface area contributed by atoms with Crippen LogP contribution in [0, 0.1) is 36.5 Å². The second-order valence-corrected chi connectivity index (χ2v) is 10.3. The number of methoxy groups -OCH3 is 1. The maximum atomic E-state index is 13.2. The number of esters is 1. The number of fused-ring (bicyclic) bond motifs is 5. The molecule has 2 heterocycles. The van der Waals surface area contributed by atoms with Crippen LogP contribution in [0.2, 0.25) is 0 Å². The number of nitrogens with zero attached hydrogens (tertiary/aromatic N) is 2. The Balaban J connectivity index is 1.16. The molecule has 8 nitrogen and oxygen atoms in total. The molecular formula is C28H28N2O6. The van der Waals surface area contributed by atoms with Gasteiger partial charge in [0.15, 0.2) is 0 Å². The molecule has 2 aromatic rings. The van der Waals surface area contributed by atoms with E-state index in [1.807, 2.05) is 12.1 Å². The molecule has 3 amide bonds. The van der Waals surface area contributed by atoms with Crippen LogP contribution in [-0.4, -0.2) is 37.3 Å². The van der Waals surface area contributed by atoms with Crippen molar-refractivity contribution in [1.82, 2.24) is 0 Å². The van der Waals surface area contributed by atoms with Gasteiger partial charge in [-0.1, -0.05) is 12.1 Å². The van der Waals surface area contributed by atoms with Gasteiger partial charge >= 0.3 is 5.97 Å². The lowest BCUT2D eigenvalue weighted by Gasteiger charge is -2.20. The van der Waals surface area contributed by atoms with Gasteiger partial charge in [0.05, 0.1) is 36.2 Å². The minimum Gasteiger partial charge on any atom is -0.495 e. The summed E-state index contributed by atoms with van der Waals surface area (Å²) in [5.41, 5.74) is 1.86. The summed E-state index contributed by atoms with van der Waals surface area (Å²) in [5.74, 6) is -0.281. The molecule has 8 heteroatoms. The second kappa shape index (κ2) is 8.47. The molecule has 0 radical (unpaired) electrons. The molecule has 4 aliphatic rings. The number of amides is 3. The van der Waals surface area contributed by atoms with Crippen LogP contribution in [0.4, 0.5) is 11.4 Å². The Kier molecular flexibility index (Phi) is 5.35. The number of hydrogen-bond acceptors (Lipinski definition) is 6. The number of rotatable bonds is 5. The fraction of sp³-hybridized carbons (Fsp3) is 0.429. The summed E-state index contributed by atoms with van der Waals surface area (Å²) in [4.78, 5) is 54.8. The molecule has 2 aliphatic carbocycles. The summed E-state index contributed by atoms with van der Waals surface area (Å²) in [7, 11) is 1.54. The van der Waals surface area contributed by atoms with E-state index in [4.69, 9.17) is 9.47 Å². The Bertz CT molecular complexity index is 1260. The van der Waals surface area contributed by atoms with E-state index >= 15 is 0 Å². The van der Waals surface area contributed by atoms with Crippen molar-refractivity contribution in [3.05, 3.63) is 48.0 Å². The zero-order valence-electron chi connectivity index (χ0n) is 20.3. The van der Waals surface area contributed by atoms with Gasteiger partial charge in [-0.25, -0.2) is 4.90 Å². The van der Waals surface area contributed by atoms with E-state index in [0.717, 1.165) is 19.3 Å². The van der Waals surface area contributed by atoms with E-state index in [-0.39, 0.29) is 42.5 Å². The lowest BCUT2D eigenvalue weighted by molar-refractivity contribution is -0.139. The van der Waals surface area contributed by atoms with Crippen molar-refractivity contribution in [2.45, 2.75) is 32.6 Å². The Morgan fingerprint density at radius 3 is 2.31 bits per heavy atom. The molecule has 0 unspecified atom stereocenters. The van der Waals surface area contributed by atoms with Gasteiger partial charge in [0.1, 0.15) is 11.5 Å². The number of benzene rings is 2. The maximum absolute atomic E-state index is 13.2. The number of para-hydroxylation sites is 2. The molecule has 2 bridgehead atoms. The van der Waals surface area contributed by atoms with Crippen molar-refractivity contribution < 1.29 is 28.7 Å². The van der Waals surface area contributed by atoms with Crippen molar-refractivity contribution in [3.8, 4) is 11.5 Å². The first-order valence-electron chi connectivity index (χ1n) is 12.5. The fourth-order valence-electron chi connectivity index (χ4n) is 6.74. The molecule has 2 saturated carbocycles. The zero-order valence-corrected chi connectivity index (χ0v) is 20.3. The molecule has 186 valence electrons. The molecule has 0 N–H and O–H groups in total. The summed E-state index contributed by atoms with van der Waals surface area (Å²) in [6.45, 7) is 2.01. The molecule has 0 aromatic heterocycles. The van der Waals surface area contributed by atoms with E-state index < -0.39 is 11.9 Å². The number of carbonyl (C=O) groups is 4. The Morgan fingerprint density at radius 2 is 1.64 bits per heavy atom. The van der Waals surface area contributed by atoms with Gasteiger partial charge < -0.3 is 14.4 Å². The standard InChI is InChI=1S/C28H28N2O6/c1-15-11-19(9-10-20(15)30-26(32)24-16-7-8-17(12-16)25(24)27(30)33)36-28(34)18-13-23(31)29(14-18)21-5-3-4-6-22(21)35-2/h3-6,9-11,16-18,24-25H,7-8,12-14H2,1-2H3/t16-,17-,18+,24-,25+/m0/s1. The average Bonchev–Trinajstić information content (AvgIpc) is 3.63. The third kappa shape index (κ3) is 3.42. The van der Waals surface area contributed by atoms with Crippen LogP contribution >= 0.6 is 0 Å². The highest BCUT2D eigenvalue weighted by atomic mass is 16.5. The minimum absolute atomic E-state index is 0.0514. The predicted octanol–water partition coefficient (Wildman–Crippen LogP) is 3.50. The lowest BCUT2D eigenvalue weighted by Crippen LogP contribution is -2.33. The molecule has 0 spiro atoms. The molecule has 36 heavy (non-hydrogen) atoms. The van der Waals surface area contributed by atoms with Crippen LogP contribution in [0.25, 0.3) is 0 Å². The normalized spacial score (nSPS) is 28.7. The highest BCUT2D eigenvalue weighted by molar-refractivity contribution is 6.23. The van der Waals surface area contributed by atoms with Crippen LogP contribution in [-0.2, 0) is 19.2 Å². The van der Waals surface area contributed by atoms with Crippen molar-refractivity contribution in [3.63, 3.8) is 0 Å². The first-order valence-corrected chi connectivity index (χ1v) is 12.5. The van der Waals surface area contributed by atoms with Gasteiger partial charge in [0.2, 0.25) is 17.7 Å². The molecule has 6 rings (SSSR count). The van der Waals surface area contributed by atoms with Crippen LogP contribution in [0.15, 0.2) is 42.5 Å². The third-order valence-electron chi connectivity index (χ3n) is 8.39. The number of aryl methyl sites for hydroxylation is 1. The predicted molar refractivity (Wildman–Crippen MR) is 131 cm³/mol. The molecule has 2 aliphatic heterocycles. The first-order chi connectivity index (χ1) is 17.4. The number of hydrogen-bond donors (Lipinski definition) is 0. The molecular weight excluding hydrogens is 460 g/mol. The van der Waals surface area contributed by atoms with E-state index in [1.165, 1.54) is 12.0 Å². The van der Waals surface area contributed by atoms with Gasteiger partial charge in [-0.3, -0.25) is 19.2 Å². The average molecular weight is 489 g/mol. The summed E-state index contributed by atoms with van der Waals surface area (Å²) in [6.07, 6.45) is 3.11. The minimum atomic E-state index is -0.612. The van der Waals surface area contributed by atoms with Crippen LogP contribution in [0.1, 0.15) is 31.2 Å². The maximum Gasteiger partial charge on any atom is 0.316 e. The fourth-order valence-corrected chi connectivity index (χ4v) is 6.74.